The lowest BCUT2D eigenvalue weighted by atomic mass is 10.1. The molecule has 176 valence electrons. The van der Waals surface area contributed by atoms with Crippen LogP contribution in [0.1, 0.15) is 90.9 Å². The number of amides is 1. The molecule has 0 saturated carbocycles. The van der Waals surface area contributed by atoms with Gasteiger partial charge in [0.2, 0.25) is 0 Å². The number of hydrogen-bond donors (Lipinski definition) is 1. The predicted molar refractivity (Wildman–Crippen MR) is 125 cm³/mol. The number of rotatable bonds is 16. The van der Waals surface area contributed by atoms with Crippen LogP contribution in [0.4, 0.5) is 15.3 Å². The van der Waals surface area contributed by atoms with Crippen LogP contribution in [0.5, 0.6) is 5.75 Å². The lowest BCUT2D eigenvalue weighted by Crippen LogP contribution is -2.15. The lowest BCUT2D eigenvalue weighted by molar-refractivity contribution is 0.0973. The Labute approximate surface area is 192 Å². The molecule has 0 aromatic heterocycles. The molecule has 0 aliphatic heterocycles. The highest BCUT2D eigenvalue weighted by atomic mass is 35.5. The summed E-state index contributed by atoms with van der Waals surface area (Å²) < 4.78 is 15.4. The number of unbranched alkanes of at least 4 members (excludes halogenated alkanes) is 10. The van der Waals surface area contributed by atoms with Gasteiger partial charge in [0.25, 0.3) is 0 Å². The monoisotopic (exact) mass is 455 g/mol. The van der Waals surface area contributed by atoms with E-state index in [1.807, 2.05) is 0 Å². The number of nitrogens with one attached hydrogen (secondary N) is 1. The fourth-order valence-electron chi connectivity index (χ4n) is 3.02. The normalized spacial score (nSPS) is 10.5. The summed E-state index contributed by atoms with van der Waals surface area (Å²) in [5.74, 6) is 0.181. The van der Waals surface area contributed by atoms with E-state index in [4.69, 9.17) is 25.8 Å². The highest BCUT2D eigenvalue weighted by molar-refractivity contribution is 6.32. The van der Waals surface area contributed by atoms with Crippen molar-refractivity contribution in [1.29, 1.82) is 0 Å². The number of carbonyl (C=O) groups is 2. The van der Waals surface area contributed by atoms with Gasteiger partial charge in [-0.1, -0.05) is 89.7 Å². The Morgan fingerprint density at radius 3 is 1.94 bits per heavy atom. The Morgan fingerprint density at radius 1 is 0.806 bits per heavy atom. The van der Waals surface area contributed by atoms with E-state index >= 15 is 0 Å². The maximum Gasteiger partial charge on any atom is 0.513 e. The summed E-state index contributed by atoms with van der Waals surface area (Å²) in [4.78, 5) is 23.7. The van der Waals surface area contributed by atoms with Gasteiger partial charge in [0.15, 0.2) is 5.75 Å². The van der Waals surface area contributed by atoms with E-state index in [9.17, 15) is 9.59 Å². The van der Waals surface area contributed by atoms with E-state index in [0.29, 0.717) is 18.9 Å². The van der Waals surface area contributed by atoms with Crippen molar-refractivity contribution in [3.05, 3.63) is 23.2 Å². The fourth-order valence-corrected chi connectivity index (χ4v) is 3.24. The molecule has 7 heteroatoms. The molecule has 0 aliphatic carbocycles. The van der Waals surface area contributed by atoms with Crippen molar-refractivity contribution in [2.24, 2.45) is 0 Å². The van der Waals surface area contributed by atoms with Crippen LogP contribution in [-0.2, 0) is 9.47 Å². The molecule has 1 amide bonds. The molecule has 1 N–H and O–H groups in total. The van der Waals surface area contributed by atoms with Crippen molar-refractivity contribution < 1.29 is 23.8 Å². The van der Waals surface area contributed by atoms with Crippen LogP contribution in [0.15, 0.2) is 18.2 Å². The zero-order chi connectivity index (χ0) is 22.7. The second kappa shape index (κ2) is 17.7. The molecule has 31 heavy (non-hydrogen) atoms. The van der Waals surface area contributed by atoms with Crippen LogP contribution < -0.4 is 10.1 Å². The van der Waals surface area contributed by atoms with Crippen molar-refractivity contribution in [3.63, 3.8) is 0 Å². The first-order valence-electron chi connectivity index (χ1n) is 11.6. The molecule has 1 aromatic rings. The minimum absolute atomic E-state index is 0.181. The molecule has 1 rings (SSSR count). The molecular weight excluding hydrogens is 418 g/mol. The third-order valence-corrected chi connectivity index (χ3v) is 5.12. The maximum absolute atomic E-state index is 11.9. The average molecular weight is 456 g/mol. The van der Waals surface area contributed by atoms with Gasteiger partial charge in [0.05, 0.1) is 18.2 Å². The first-order chi connectivity index (χ1) is 15.1. The number of carbonyl (C=O) groups excluding carboxylic acids is 2. The molecule has 0 spiro atoms. The second-order valence-corrected chi connectivity index (χ2v) is 8.05. The van der Waals surface area contributed by atoms with E-state index in [-0.39, 0.29) is 10.8 Å². The molecule has 0 aliphatic rings. The summed E-state index contributed by atoms with van der Waals surface area (Å²) in [7, 11) is 0. The smallest absolute Gasteiger partial charge is 0.449 e. The number of ether oxygens (including phenoxy) is 3. The number of halogens is 1. The van der Waals surface area contributed by atoms with Crippen LogP contribution in [0.2, 0.25) is 5.02 Å². The zero-order valence-corrected chi connectivity index (χ0v) is 19.8. The summed E-state index contributed by atoms with van der Waals surface area (Å²) in [6.45, 7) is 5.07. The Morgan fingerprint density at radius 2 is 1.35 bits per heavy atom. The molecular formula is C24H38ClNO5. The van der Waals surface area contributed by atoms with Gasteiger partial charge in [-0.05, 0) is 31.0 Å². The Kier molecular flexibility index (Phi) is 15.5. The third kappa shape index (κ3) is 13.9. The average Bonchev–Trinajstić information content (AvgIpc) is 2.74. The Bertz CT molecular complexity index is 638. The van der Waals surface area contributed by atoms with Crippen LogP contribution in [0.3, 0.4) is 0 Å². The van der Waals surface area contributed by atoms with Gasteiger partial charge >= 0.3 is 12.2 Å². The minimum Gasteiger partial charge on any atom is -0.449 e. The quantitative estimate of drug-likeness (QED) is 0.155. The van der Waals surface area contributed by atoms with Crippen LogP contribution in [-0.4, -0.2) is 25.5 Å². The first-order valence-corrected chi connectivity index (χ1v) is 12.0. The van der Waals surface area contributed by atoms with E-state index < -0.39 is 12.2 Å². The Balaban J connectivity index is 2.24. The Hall–Kier alpha value is -1.95. The van der Waals surface area contributed by atoms with Crippen molar-refractivity contribution in [3.8, 4) is 5.75 Å². The predicted octanol–water partition coefficient (Wildman–Crippen LogP) is 8.12. The summed E-state index contributed by atoms with van der Waals surface area (Å²) in [5, 5.41) is 2.82. The van der Waals surface area contributed by atoms with Crippen molar-refractivity contribution in [2.75, 3.05) is 18.5 Å². The van der Waals surface area contributed by atoms with E-state index in [0.717, 1.165) is 38.5 Å². The van der Waals surface area contributed by atoms with E-state index in [2.05, 4.69) is 19.2 Å². The summed E-state index contributed by atoms with van der Waals surface area (Å²) in [6.07, 6.45) is 12.1. The molecule has 0 atom stereocenters. The molecule has 0 unspecified atom stereocenters. The third-order valence-electron chi connectivity index (χ3n) is 4.82. The molecule has 0 bridgehead atoms. The van der Waals surface area contributed by atoms with Crippen molar-refractivity contribution in [2.45, 2.75) is 90.9 Å². The maximum atomic E-state index is 11.9. The van der Waals surface area contributed by atoms with Gasteiger partial charge in [-0.25, -0.2) is 9.59 Å². The van der Waals surface area contributed by atoms with Crippen LogP contribution in [0, 0.1) is 0 Å². The molecule has 0 heterocycles. The summed E-state index contributed by atoms with van der Waals surface area (Å²) in [5.41, 5.74) is 0.464. The first kappa shape index (κ1) is 27.1. The zero-order valence-electron chi connectivity index (χ0n) is 19.1. The van der Waals surface area contributed by atoms with Crippen LogP contribution in [0.25, 0.3) is 0 Å². The van der Waals surface area contributed by atoms with Crippen molar-refractivity contribution in [1.82, 2.24) is 0 Å². The largest absolute Gasteiger partial charge is 0.513 e. The molecule has 1 aromatic carbocycles. The number of benzene rings is 1. The lowest BCUT2D eigenvalue weighted by Gasteiger charge is -2.10. The standard InChI is InChI=1S/C24H38ClNO5/c1-3-5-7-9-11-13-17-29-23(27)26-20-15-16-22(21(25)19-20)31-24(28)30-18-14-12-10-8-6-4-2/h15-16,19H,3-14,17-18H2,1-2H3,(H,26,27). The molecule has 6 nitrogen and oxygen atoms in total. The van der Waals surface area contributed by atoms with Gasteiger partial charge in [0.1, 0.15) is 0 Å². The second-order valence-electron chi connectivity index (χ2n) is 7.64. The van der Waals surface area contributed by atoms with Gasteiger partial charge < -0.3 is 14.2 Å². The highest BCUT2D eigenvalue weighted by Gasteiger charge is 2.11. The van der Waals surface area contributed by atoms with Crippen molar-refractivity contribution >= 4 is 29.5 Å². The van der Waals surface area contributed by atoms with Gasteiger partial charge in [0, 0.05) is 5.69 Å². The summed E-state index contributed by atoms with van der Waals surface area (Å²) in [6, 6.07) is 4.61. The molecule has 0 saturated heterocycles. The molecule has 0 radical (unpaired) electrons. The topological polar surface area (TPSA) is 73.9 Å². The minimum atomic E-state index is -0.783. The van der Waals surface area contributed by atoms with E-state index in [1.54, 1.807) is 6.07 Å². The van der Waals surface area contributed by atoms with Gasteiger partial charge in [-0.2, -0.15) is 0 Å². The van der Waals surface area contributed by atoms with E-state index in [1.165, 1.54) is 50.7 Å². The number of anilines is 1. The number of hydrogen-bond acceptors (Lipinski definition) is 5. The highest BCUT2D eigenvalue weighted by Crippen LogP contribution is 2.28. The van der Waals surface area contributed by atoms with Gasteiger partial charge in [-0.3, -0.25) is 5.32 Å². The molecule has 0 fully saturated rings. The SMILES string of the molecule is CCCCCCCCOC(=O)Nc1ccc(OC(=O)OCCCCCCCC)c(Cl)c1. The summed E-state index contributed by atoms with van der Waals surface area (Å²) >= 11 is 6.15. The van der Waals surface area contributed by atoms with Crippen LogP contribution >= 0.6 is 11.6 Å². The van der Waals surface area contributed by atoms with Gasteiger partial charge in [-0.15, -0.1) is 0 Å². The fraction of sp³-hybridized carbons (Fsp3) is 0.667.